The van der Waals surface area contributed by atoms with Gasteiger partial charge in [-0.3, -0.25) is 14.2 Å². The summed E-state index contributed by atoms with van der Waals surface area (Å²) in [5.41, 5.74) is 3.86. The number of aryl methyl sites for hydroxylation is 1. The van der Waals surface area contributed by atoms with Crippen molar-refractivity contribution < 1.29 is 9.18 Å². The van der Waals surface area contributed by atoms with E-state index in [2.05, 4.69) is 15.5 Å². The number of hydrogen-bond donors (Lipinski definition) is 1. The smallest absolute Gasteiger partial charge is 0.271 e. The highest BCUT2D eigenvalue weighted by molar-refractivity contribution is 6.01. The maximum Gasteiger partial charge on any atom is 0.271 e. The molecule has 0 atom stereocenters. The van der Waals surface area contributed by atoms with Crippen LogP contribution in [0.15, 0.2) is 52.4 Å². The van der Waals surface area contributed by atoms with E-state index in [0.717, 1.165) is 18.7 Å². The zero-order valence-electron chi connectivity index (χ0n) is 14.7. The first-order valence-electron chi connectivity index (χ1n) is 8.67. The highest BCUT2D eigenvalue weighted by Gasteiger charge is 2.17. The van der Waals surface area contributed by atoms with Gasteiger partial charge in [0.25, 0.3) is 11.5 Å². The third-order valence-corrected chi connectivity index (χ3v) is 4.67. The Hall–Kier alpha value is -3.35. The predicted molar refractivity (Wildman–Crippen MR) is 100 cm³/mol. The summed E-state index contributed by atoms with van der Waals surface area (Å²) in [5.74, 6) is -0.106. The average Bonchev–Trinajstić information content (AvgIpc) is 3.14. The molecule has 1 aliphatic heterocycles. The standard InChI is InChI=1S/C20H17FN4O2/c1-12(14-5-2-3-6-16(14)21)23-24-19(26)13-8-9-15-17(11-13)22-18-7-4-10-25(18)20(15)27/h2-3,5-6,8-9,11H,4,7,10H2,1H3,(H,24,26)/b23-12-. The molecule has 1 N–H and O–H groups in total. The summed E-state index contributed by atoms with van der Waals surface area (Å²) in [7, 11) is 0. The Morgan fingerprint density at radius 3 is 2.89 bits per heavy atom. The molecular formula is C20H17FN4O2. The third kappa shape index (κ3) is 3.12. The molecule has 0 aliphatic carbocycles. The first-order chi connectivity index (χ1) is 13.0. The average molecular weight is 364 g/mol. The number of hydrazone groups is 1. The van der Waals surface area contributed by atoms with Crippen LogP contribution in [0.1, 0.15) is 35.1 Å². The lowest BCUT2D eigenvalue weighted by molar-refractivity contribution is 0.0955. The van der Waals surface area contributed by atoms with Crippen LogP contribution in [0.25, 0.3) is 10.9 Å². The second-order valence-corrected chi connectivity index (χ2v) is 6.44. The molecule has 136 valence electrons. The highest BCUT2D eigenvalue weighted by atomic mass is 19.1. The van der Waals surface area contributed by atoms with Crippen molar-refractivity contribution in [2.45, 2.75) is 26.3 Å². The topological polar surface area (TPSA) is 76.3 Å². The van der Waals surface area contributed by atoms with Crippen LogP contribution in [-0.4, -0.2) is 21.2 Å². The molecule has 0 bridgehead atoms. The van der Waals surface area contributed by atoms with Gasteiger partial charge in [-0.25, -0.2) is 14.8 Å². The maximum absolute atomic E-state index is 13.8. The van der Waals surface area contributed by atoms with Crippen LogP contribution in [0.2, 0.25) is 0 Å². The van der Waals surface area contributed by atoms with Gasteiger partial charge in [0.2, 0.25) is 0 Å². The Morgan fingerprint density at radius 2 is 2.07 bits per heavy atom. The van der Waals surface area contributed by atoms with Gasteiger partial charge in [-0.1, -0.05) is 18.2 Å². The molecule has 0 spiro atoms. The van der Waals surface area contributed by atoms with Crippen LogP contribution >= 0.6 is 0 Å². The van der Waals surface area contributed by atoms with Crippen molar-refractivity contribution in [3.05, 3.63) is 75.6 Å². The second kappa shape index (κ2) is 6.75. The van der Waals surface area contributed by atoms with Crippen molar-refractivity contribution in [2.75, 3.05) is 0 Å². The summed E-state index contributed by atoms with van der Waals surface area (Å²) in [6.07, 6.45) is 1.66. The molecule has 7 heteroatoms. The molecule has 4 rings (SSSR count). The molecule has 2 aromatic carbocycles. The lowest BCUT2D eigenvalue weighted by Crippen LogP contribution is -2.22. The highest BCUT2D eigenvalue weighted by Crippen LogP contribution is 2.16. The third-order valence-electron chi connectivity index (χ3n) is 4.67. The summed E-state index contributed by atoms with van der Waals surface area (Å²) >= 11 is 0. The van der Waals surface area contributed by atoms with Crippen LogP contribution in [0.5, 0.6) is 0 Å². The number of aromatic nitrogens is 2. The van der Waals surface area contributed by atoms with Gasteiger partial charge in [0.05, 0.1) is 16.6 Å². The minimum absolute atomic E-state index is 0.0760. The summed E-state index contributed by atoms with van der Waals surface area (Å²) in [4.78, 5) is 29.4. The van der Waals surface area contributed by atoms with Crippen molar-refractivity contribution in [1.82, 2.24) is 15.0 Å². The molecule has 1 aliphatic rings. The summed E-state index contributed by atoms with van der Waals surface area (Å²) in [5, 5.41) is 4.47. The summed E-state index contributed by atoms with van der Waals surface area (Å²) in [6.45, 7) is 2.30. The number of hydrogen-bond acceptors (Lipinski definition) is 4. The molecule has 1 aromatic heterocycles. The van der Waals surface area contributed by atoms with E-state index in [9.17, 15) is 14.0 Å². The second-order valence-electron chi connectivity index (χ2n) is 6.44. The quantitative estimate of drug-likeness (QED) is 0.573. The largest absolute Gasteiger partial charge is 0.296 e. The lowest BCUT2D eigenvalue weighted by atomic mass is 10.1. The van der Waals surface area contributed by atoms with Crippen LogP contribution in [0, 0.1) is 5.82 Å². The minimum Gasteiger partial charge on any atom is -0.296 e. The zero-order valence-corrected chi connectivity index (χ0v) is 14.7. The normalized spacial score (nSPS) is 13.6. The zero-order chi connectivity index (χ0) is 19.0. The number of fused-ring (bicyclic) bond motifs is 2. The maximum atomic E-state index is 13.8. The Balaban J connectivity index is 1.62. The Labute approximate surface area is 154 Å². The van der Waals surface area contributed by atoms with Gasteiger partial charge < -0.3 is 0 Å². The lowest BCUT2D eigenvalue weighted by Gasteiger charge is -2.07. The Morgan fingerprint density at radius 1 is 1.26 bits per heavy atom. The van der Waals surface area contributed by atoms with E-state index >= 15 is 0 Å². The molecule has 0 saturated heterocycles. The Bertz CT molecular complexity index is 1150. The molecule has 0 radical (unpaired) electrons. The molecule has 2 heterocycles. The van der Waals surface area contributed by atoms with Crippen LogP contribution in [0.4, 0.5) is 4.39 Å². The number of nitrogens with zero attached hydrogens (tertiary/aromatic N) is 3. The van der Waals surface area contributed by atoms with Gasteiger partial charge in [-0.05, 0) is 37.6 Å². The van der Waals surface area contributed by atoms with Crippen molar-refractivity contribution >= 4 is 22.5 Å². The van der Waals surface area contributed by atoms with Crippen molar-refractivity contribution in [2.24, 2.45) is 5.10 Å². The molecule has 0 saturated carbocycles. The number of halogens is 1. The first-order valence-corrected chi connectivity index (χ1v) is 8.67. The van der Waals surface area contributed by atoms with Crippen molar-refractivity contribution in [1.29, 1.82) is 0 Å². The molecule has 6 nitrogen and oxygen atoms in total. The van der Waals surface area contributed by atoms with Gasteiger partial charge in [0.1, 0.15) is 11.6 Å². The fraction of sp³-hybridized carbons (Fsp3) is 0.200. The van der Waals surface area contributed by atoms with E-state index in [1.54, 1.807) is 47.9 Å². The number of rotatable bonds is 3. The van der Waals surface area contributed by atoms with E-state index in [4.69, 9.17) is 0 Å². The van der Waals surface area contributed by atoms with E-state index in [-0.39, 0.29) is 5.56 Å². The molecule has 0 fully saturated rings. The Kier molecular flexibility index (Phi) is 4.27. The van der Waals surface area contributed by atoms with Gasteiger partial charge in [0.15, 0.2) is 0 Å². The fourth-order valence-corrected chi connectivity index (χ4v) is 3.24. The fourth-order valence-electron chi connectivity index (χ4n) is 3.24. The van der Waals surface area contributed by atoms with E-state index in [1.165, 1.54) is 6.07 Å². The van der Waals surface area contributed by atoms with Crippen LogP contribution in [0.3, 0.4) is 0 Å². The minimum atomic E-state index is -0.449. The number of nitrogens with one attached hydrogen (secondary N) is 1. The van der Waals surface area contributed by atoms with Crippen molar-refractivity contribution in [3.8, 4) is 0 Å². The van der Waals surface area contributed by atoms with E-state index < -0.39 is 11.7 Å². The molecule has 27 heavy (non-hydrogen) atoms. The van der Waals surface area contributed by atoms with Crippen molar-refractivity contribution in [3.63, 3.8) is 0 Å². The van der Waals surface area contributed by atoms with E-state index in [0.29, 0.717) is 34.3 Å². The molecule has 1 amide bonds. The van der Waals surface area contributed by atoms with Crippen LogP contribution < -0.4 is 11.0 Å². The predicted octanol–water partition coefficient (Wildman–Crippen LogP) is 2.64. The van der Waals surface area contributed by atoms with Gasteiger partial charge >= 0.3 is 0 Å². The summed E-state index contributed by atoms with van der Waals surface area (Å²) in [6, 6.07) is 11.0. The van der Waals surface area contributed by atoms with Crippen LogP contribution in [-0.2, 0) is 13.0 Å². The summed E-state index contributed by atoms with van der Waals surface area (Å²) < 4.78 is 15.5. The molecule has 3 aromatic rings. The first kappa shape index (κ1) is 17.1. The molecule has 0 unspecified atom stereocenters. The van der Waals surface area contributed by atoms with Gasteiger partial charge in [0, 0.05) is 24.1 Å². The van der Waals surface area contributed by atoms with Gasteiger partial charge in [-0.15, -0.1) is 0 Å². The number of benzene rings is 2. The SMILES string of the molecule is C/C(=N/NC(=O)c1ccc2c(=O)n3c(nc2c1)CCC3)c1ccccc1F. The van der Waals surface area contributed by atoms with Gasteiger partial charge in [-0.2, -0.15) is 5.10 Å². The number of carbonyl (C=O) groups excluding carboxylic acids is 1. The number of amides is 1. The number of carbonyl (C=O) groups is 1. The monoisotopic (exact) mass is 364 g/mol. The van der Waals surface area contributed by atoms with E-state index in [1.807, 2.05) is 0 Å². The molecular weight excluding hydrogens is 347 g/mol.